The van der Waals surface area contributed by atoms with Crippen LogP contribution in [0.5, 0.6) is 28.7 Å². The number of esters is 1. The zero-order valence-corrected chi connectivity index (χ0v) is 19.2. The van der Waals surface area contributed by atoms with E-state index in [1.54, 1.807) is 43.5 Å². The Labute approximate surface area is 188 Å². The van der Waals surface area contributed by atoms with Gasteiger partial charge < -0.3 is 29.0 Å². The fourth-order valence-electron chi connectivity index (χ4n) is 3.12. The van der Waals surface area contributed by atoms with Gasteiger partial charge in [-0.1, -0.05) is 26.2 Å². The summed E-state index contributed by atoms with van der Waals surface area (Å²) < 4.78 is 26.8. The number of nitrogens with one attached hydrogen (secondary N) is 1. The largest absolute Gasteiger partial charge is 0.497 e. The third-order valence-corrected chi connectivity index (χ3v) is 4.93. The summed E-state index contributed by atoms with van der Waals surface area (Å²) in [5.74, 6) is 0.389. The highest BCUT2D eigenvalue weighted by Gasteiger charge is 2.28. The number of ether oxygens (including phenoxy) is 5. The first-order chi connectivity index (χ1) is 15.5. The van der Waals surface area contributed by atoms with Gasteiger partial charge in [0.05, 0.1) is 34.1 Å². The van der Waals surface area contributed by atoms with Crippen molar-refractivity contribution in [1.82, 2.24) is 0 Å². The van der Waals surface area contributed by atoms with Crippen LogP contribution in [-0.2, 0) is 14.3 Å². The van der Waals surface area contributed by atoms with E-state index in [1.807, 2.05) is 0 Å². The van der Waals surface area contributed by atoms with Crippen LogP contribution in [0.25, 0.3) is 0 Å². The third-order valence-electron chi connectivity index (χ3n) is 4.93. The SMILES string of the molecule is CCCCCC(C(=O)Nc1cc(OC)ccc1Oc1cc(OC)ccc1OC)C(=O)OC. The minimum absolute atomic E-state index is 0.350. The van der Waals surface area contributed by atoms with Crippen LogP contribution >= 0.6 is 0 Å². The molecular weight excluding hydrogens is 414 g/mol. The van der Waals surface area contributed by atoms with E-state index in [1.165, 1.54) is 21.3 Å². The van der Waals surface area contributed by atoms with Crippen molar-refractivity contribution in [3.05, 3.63) is 36.4 Å². The molecule has 0 aliphatic carbocycles. The van der Waals surface area contributed by atoms with Crippen molar-refractivity contribution >= 4 is 17.6 Å². The number of amides is 1. The average Bonchev–Trinajstić information content (AvgIpc) is 2.82. The summed E-state index contributed by atoms with van der Waals surface area (Å²) in [6, 6.07) is 10.1. The molecule has 0 spiro atoms. The molecule has 0 fully saturated rings. The molecule has 0 bridgehead atoms. The first kappa shape index (κ1) is 24.8. The third kappa shape index (κ3) is 6.54. The minimum atomic E-state index is -0.919. The smallest absolute Gasteiger partial charge is 0.318 e. The molecule has 0 aliphatic heterocycles. The van der Waals surface area contributed by atoms with Crippen molar-refractivity contribution in [3.63, 3.8) is 0 Å². The maximum atomic E-state index is 13.0. The van der Waals surface area contributed by atoms with Crippen LogP contribution in [0.15, 0.2) is 36.4 Å². The van der Waals surface area contributed by atoms with Gasteiger partial charge in [0.15, 0.2) is 17.2 Å². The van der Waals surface area contributed by atoms with Gasteiger partial charge in [-0.2, -0.15) is 0 Å². The van der Waals surface area contributed by atoms with Crippen LogP contribution in [0.1, 0.15) is 32.6 Å². The number of benzene rings is 2. The number of methoxy groups -OCH3 is 4. The van der Waals surface area contributed by atoms with E-state index in [0.29, 0.717) is 40.9 Å². The molecule has 2 aromatic rings. The first-order valence-corrected chi connectivity index (χ1v) is 10.4. The normalized spacial score (nSPS) is 11.3. The van der Waals surface area contributed by atoms with E-state index < -0.39 is 17.8 Å². The molecule has 1 unspecified atom stereocenters. The van der Waals surface area contributed by atoms with Gasteiger partial charge in [-0.3, -0.25) is 9.59 Å². The molecule has 0 saturated heterocycles. The number of anilines is 1. The maximum Gasteiger partial charge on any atom is 0.318 e. The van der Waals surface area contributed by atoms with Crippen LogP contribution in [0.4, 0.5) is 5.69 Å². The number of hydrogen-bond acceptors (Lipinski definition) is 7. The van der Waals surface area contributed by atoms with Crippen LogP contribution in [0, 0.1) is 5.92 Å². The van der Waals surface area contributed by atoms with Crippen molar-refractivity contribution in [2.75, 3.05) is 33.8 Å². The Morgan fingerprint density at radius 3 is 2.09 bits per heavy atom. The lowest BCUT2D eigenvalue weighted by Gasteiger charge is -2.18. The Bertz CT molecular complexity index is 913. The van der Waals surface area contributed by atoms with Crippen molar-refractivity contribution in [3.8, 4) is 28.7 Å². The second-order valence-electron chi connectivity index (χ2n) is 7.04. The Morgan fingerprint density at radius 2 is 1.50 bits per heavy atom. The molecule has 0 saturated carbocycles. The van der Waals surface area contributed by atoms with Gasteiger partial charge in [0.2, 0.25) is 5.91 Å². The molecule has 1 N–H and O–H groups in total. The van der Waals surface area contributed by atoms with Crippen molar-refractivity contribution < 1.29 is 33.3 Å². The number of hydrogen-bond donors (Lipinski definition) is 1. The number of carbonyl (C=O) groups excluding carboxylic acids is 2. The monoisotopic (exact) mass is 445 g/mol. The fraction of sp³-hybridized carbons (Fsp3) is 0.417. The van der Waals surface area contributed by atoms with Crippen molar-refractivity contribution in [2.24, 2.45) is 5.92 Å². The molecule has 0 aromatic heterocycles. The molecule has 8 heteroatoms. The van der Waals surface area contributed by atoms with Gasteiger partial charge in [-0.15, -0.1) is 0 Å². The van der Waals surface area contributed by atoms with Crippen LogP contribution in [0.3, 0.4) is 0 Å². The Balaban J connectivity index is 2.35. The van der Waals surface area contributed by atoms with E-state index in [4.69, 9.17) is 23.7 Å². The van der Waals surface area contributed by atoms with Gasteiger partial charge in [0, 0.05) is 12.1 Å². The predicted octanol–water partition coefficient (Wildman–Crippen LogP) is 4.81. The standard InChI is InChI=1S/C24H31NO7/c1-6-7-8-9-18(24(27)31-5)23(26)25-19-14-16(28-2)10-12-20(19)32-22-15-17(29-3)11-13-21(22)30-4/h10-15,18H,6-9H2,1-5H3,(H,25,26). The minimum Gasteiger partial charge on any atom is -0.497 e. The van der Waals surface area contributed by atoms with Gasteiger partial charge in [-0.25, -0.2) is 0 Å². The van der Waals surface area contributed by atoms with Gasteiger partial charge >= 0.3 is 5.97 Å². The van der Waals surface area contributed by atoms with E-state index in [0.717, 1.165) is 19.3 Å². The molecule has 1 amide bonds. The zero-order valence-electron chi connectivity index (χ0n) is 19.2. The molecular formula is C24H31NO7. The van der Waals surface area contributed by atoms with E-state index >= 15 is 0 Å². The van der Waals surface area contributed by atoms with Crippen LogP contribution in [-0.4, -0.2) is 40.3 Å². The molecule has 1 atom stereocenters. The molecule has 32 heavy (non-hydrogen) atoms. The predicted molar refractivity (Wildman–Crippen MR) is 121 cm³/mol. The Hall–Kier alpha value is -3.42. The van der Waals surface area contributed by atoms with Crippen molar-refractivity contribution in [2.45, 2.75) is 32.6 Å². The van der Waals surface area contributed by atoms with Gasteiger partial charge in [0.1, 0.15) is 17.4 Å². The van der Waals surface area contributed by atoms with Crippen LogP contribution < -0.4 is 24.3 Å². The summed E-state index contributed by atoms with van der Waals surface area (Å²) in [7, 11) is 5.88. The molecule has 2 rings (SSSR count). The number of carbonyl (C=O) groups is 2. The highest BCUT2D eigenvalue weighted by Crippen LogP contribution is 2.39. The van der Waals surface area contributed by atoms with Crippen LogP contribution in [0.2, 0.25) is 0 Å². The summed E-state index contributed by atoms with van der Waals surface area (Å²) >= 11 is 0. The summed E-state index contributed by atoms with van der Waals surface area (Å²) in [4.78, 5) is 25.2. The quantitative estimate of drug-likeness (QED) is 0.285. The summed E-state index contributed by atoms with van der Waals surface area (Å²) in [5.41, 5.74) is 0.351. The highest BCUT2D eigenvalue weighted by atomic mass is 16.5. The summed E-state index contributed by atoms with van der Waals surface area (Å²) in [6.07, 6.45) is 3.04. The van der Waals surface area contributed by atoms with E-state index in [9.17, 15) is 9.59 Å². The molecule has 174 valence electrons. The molecule has 0 heterocycles. The highest BCUT2D eigenvalue weighted by molar-refractivity contribution is 6.05. The molecule has 0 aliphatic rings. The molecule has 2 aromatic carbocycles. The fourth-order valence-corrected chi connectivity index (χ4v) is 3.12. The second-order valence-corrected chi connectivity index (χ2v) is 7.04. The average molecular weight is 446 g/mol. The Kier molecular flexibility index (Phi) is 9.66. The molecule has 8 nitrogen and oxygen atoms in total. The Morgan fingerprint density at radius 1 is 0.844 bits per heavy atom. The summed E-state index contributed by atoms with van der Waals surface area (Å²) in [6.45, 7) is 2.06. The number of unbranched alkanes of at least 4 members (excludes halogenated alkanes) is 2. The molecule has 0 radical (unpaired) electrons. The summed E-state index contributed by atoms with van der Waals surface area (Å²) in [5, 5.41) is 2.80. The zero-order chi connectivity index (χ0) is 23.5. The van der Waals surface area contributed by atoms with Gasteiger partial charge in [0.25, 0.3) is 0 Å². The lowest BCUT2D eigenvalue weighted by Crippen LogP contribution is -2.30. The maximum absolute atomic E-state index is 13.0. The lowest BCUT2D eigenvalue weighted by molar-refractivity contribution is -0.149. The second kappa shape index (κ2) is 12.4. The van der Waals surface area contributed by atoms with Crippen molar-refractivity contribution in [1.29, 1.82) is 0 Å². The first-order valence-electron chi connectivity index (χ1n) is 10.4. The topological polar surface area (TPSA) is 92.3 Å². The number of rotatable bonds is 12. The van der Waals surface area contributed by atoms with Gasteiger partial charge in [-0.05, 0) is 30.7 Å². The lowest BCUT2D eigenvalue weighted by atomic mass is 10.00. The van der Waals surface area contributed by atoms with E-state index in [2.05, 4.69) is 12.2 Å². The van der Waals surface area contributed by atoms with E-state index in [-0.39, 0.29) is 0 Å².